The topological polar surface area (TPSA) is 92.7 Å². The zero-order chi connectivity index (χ0) is 15.1. The predicted molar refractivity (Wildman–Crippen MR) is 70.1 cm³/mol. The van der Waals surface area contributed by atoms with Crippen molar-refractivity contribution in [2.75, 3.05) is 7.11 Å². The molecule has 0 saturated heterocycles. The maximum absolute atomic E-state index is 11.9. The number of terminal acetylenes is 1. The summed E-state index contributed by atoms with van der Waals surface area (Å²) in [5.41, 5.74) is 0.347. The Morgan fingerprint density at radius 2 is 2.05 bits per heavy atom. The van der Waals surface area contributed by atoms with Gasteiger partial charge in [-0.25, -0.2) is 9.59 Å². The van der Waals surface area contributed by atoms with Crippen LogP contribution in [0.3, 0.4) is 0 Å². The van der Waals surface area contributed by atoms with Crippen LogP contribution < -0.4 is 5.32 Å². The van der Waals surface area contributed by atoms with Crippen molar-refractivity contribution in [1.29, 1.82) is 0 Å². The molecule has 0 radical (unpaired) electrons. The van der Waals surface area contributed by atoms with Crippen LogP contribution in [0.25, 0.3) is 0 Å². The number of hydrogen-bond acceptors (Lipinski definition) is 4. The van der Waals surface area contributed by atoms with Crippen LogP contribution in [-0.4, -0.2) is 36.1 Å². The average molecular weight is 275 g/mol. The maximum Gasteiger partial charge on any atom is 0.337 e. The first-order chi connectivity index (χ1) is 9.49. The normalized spacial score (nSPS) is 11.0. The smallest absolute Gasteiger partial charge is 0.337 e. The zero-order valence-corrected chi connectivity index (χ0v) is 10.8. The summed E-state index contributed by atoms with van der Waals surface area (Å²) in [7, 11) is 1.22. The van der Waals surface area contributed by atoms with Crippen molar-refractivity contribution in [1.82, 2.24) is 5.32 Å². The van der Waals surface area contributed by atoms with Crippen LogP contribution in [0.2, 0.25) is 0 Å². The van der Waals surface area contributed by atoms with Crippen molar-refractivity contribution in [2.24, 2.45) is 0 Å². The molecule has 1 rings (SSSR count). The van der Waals surface area contributed by atoms with E-state index in [1.54, 1.807) is 0 Å². The summed E-state index contributed by atoms with van der Waals surface area (Å²) in [5.74, 6) is -0.258. The van der Waals surface area contributed by atoms with Gasteiger partial charge in [0.1, 0.15) is 6.04 Å². The average Bonchev–Trinajstić information content (AvgIpc) is 2.45. The van der Waals surface area contributed by atoms with E-state index in [-0.39, 0.29) is 17.5 Å². The van der Waals surface area contributed by atoms with Gasteiger partial charge in [0.15, 0.2) is 0 Å². The molecule has 0 fully saturated rings. The predicted octanol–water partition coefficient (Wildman–Crippen LogP) is 0.679. The standard InChI is InChI=1S/C14H13NO5/c1-3-5-11(13(17)18)15-12(16)9-6-4-7-10(8-9)14(19)20-2/h1,4,6-8,11H,5H2,2H3,(H,15,16)(H,17,18)/t11-/m0/s1. The van der Waals surface area contributed by atoms with Crippen molar-refractivity contribution in [3.05, 3.63) is 35.4 Å². The molecular weight excluding hydrogens is 262 g/mol. The van der Waals surface area contributed by atoms with Crippen LogP contribution in [0.5, 0.6) is 0 Å². The molecule has 1 atom stereocenters. The molecule has 20 heavy (non-hydrogen) atoms. The SMILES string of the molecule is C#CC[C@H](NC(=O)c1cccc(C(=O)OC)c1)C(=O)O. The monoisotopic (exact) mass is 275 g/mol. The molecule has 0 spiro atoms. The van der Waals surface area contributed by atoms with E-state index in [0.717, 1.165) is 0 Å². The van der Waals surface area contributed by atoms with Crippen molar-refractivity contribution in [3.8, 4) is 12.3 Å². The Morgan fingerprint density at radius 1 is 1.40 bits per heavy atom. The second kappa shape index (κ2) is 6.95. The molecule has 0 heterocycles. The lowest BCUT2D eigenvalue weighted by Crippen LogP contribution is -2.40. The zero-order valence-electron chi connectivity index (χ0n) is 10.8. The maximum atomic E-state index is 11.9. The van der Waals surface area contributed by atoms with E-state index in [1.165, 1.54) is 31.4 Å². The molecule has 6 heteroatoms. The number of carbonyl (C=O) groups is 3. The third-order valence-corrected chi connectivity index (χ3v) is 2.47. The summed E-state index contributed by atoms with van der Waals surface area (Å²) in [6, 6.07) is 4.58. The highest BCUT2D eigenvalue weighted by Crippen LogP contribution is 2.07. The Hall–Kier alpha value is -2.81. The molecule has 2 N–H and O–H groups in total. The molecule has 0 aliphatic carbocycles. The van der Waals surface area contributed by atoms with Gasteiger partial charge in [-0.3, -0.25) is 4.79 Å². The van der Waals surface area contributed by atoms with Gasteiger partial charge in [0.05, 0.1) is 12.7 Å². The van der Waals surface area contributed by atoms with Crippen molar-refractivity contribution in [2.45, 2.75) is 12.5 Å². The minimum absolute atomic E-state index is 0.127. The molecule has 1 amide bonds. The fourth-order valence-corrected chi connectivity index (χ4v) is 1.46. The highest BCUT2D eigenvalue weighted by atomic mass is 16.5. The fourth-order valence-electron chi connectivity index (χ4n) is 1.46. The lowest BCUT2D eigenvalue weighted by Gasteiger charge is -2.12. The van der Waals surface area contributed by atoms with E-state index >= 15 is 0 Å². The number of ether oxygens (including phenoxy) is 1. The number of methoxy groups -OCH3 is 1. The number of carbonyl (C=O) groups excluding carboxylic acids is 2. The number of carboxylic acid groups (broad SMARTS) is 1. The summed E-state index contributed by atoms with van der Waals surface area (Å²) in [5, 5.41) is 11.2. The first-order valence-electron chi connectivity index (χ1n) is 5.65. The number of esters is 1. The molecule has 0 aromatic heterocycles. The minimum atomic E-state index is -1.22. The molecule has 0 aliphatic heterocycles. The Balaban J connectivity index is 2.90. The van der Waals surface area contributed by atoms with Gasteiger partial charge in [0.25, 0.3) is 5.91 Å². The Morgan fingerprint density at radius 3 is 2.60 bits per heavy atom. The summed E-state index contributed by atoms with van der Waals surface area (Å²) >= 11 is 0. The van der Waals surface area contributed by atoms with E-state index < -0.39 is 23.9 Å². The van der Waals surface area contributed by atoms with Crippen molar-refractivity contribution >= 4 is 17.8 Å². The van der Waals surface area contributed by atoms with Crippen LogP contribution in [0, 0.1) is 12.3 Å². The summed E-state index contributed by atoms with van der Waals surface area (Å²) < 4.78 is 4.54. The fraction of sp³-hybridized carbons (Fsp3) is 0.214. The number of amides is 1. The first-order valence-corrected chi connectivity index (χ1v) is 5.65. The molecule has 1 aromatic rings. The molecule has 0 bridgehead atoms. The molecule has 104 valence electrons. The molecular formula is C14H13NO5. The van der Waals surface area contributed by atoms with Crippen LogP contribution in [0.15, 0.2) is 24.3 Å². The number of aliphatic carboxylic acids is 1. The Kier molecular flexibility index (Phi) is 5.30. The van der Waals surface area contributed by atoms with E-state index in [0.29, 0.717) is 0 Å². The van der Waals surface area contributed by atoms with Gasteiger partial charge in [-0.1, -0.05) is 6.07 Å². The molecule has 0 aliphatic rings. The van der Waals surface area contributed by atoms with Crippen molar-refractivity contribution < 1.29 is 24.2 Å². The van der Waals surface area contributed by atoms with Gasteiger partial charge >= 0.3 is 11.9 Å². The van der Waals surface area contributed by atoms with Crippen LogP contribution >= 0.6 is 0 Å². The van der Waals surface area contributed by atoms with Gasteiger partial charge in [0, 0.05) is 12.0 Å². The number of carboxylic acids is 1. The summed E-state index contributed by atoms with van der Waals surface area (Å²) in [6.07, 6.45) is 4.91. The second-order valence-corrected chi connectivity index (χ2v) is 3.84. The largest absolute Gasteiger partial charge is 0.480 e. The highest BCUT2D eigenvalue weighted by Gasteiger charge is 2.20. The quantitative estimate of drug-likeness (QED) is 0.609. The van der Waals surface area contributed by atoms with Gasteiger partial charge in [-0.05, 0) is 18.2 Å². The highest BCUT2D eigenvalue weighted by molar-refractivity contribution is 5.99. The molecule has 1 aromatic carbocycles. The van der Waals surface area contributed by atoms with E-state index in [9.17, 15) is 14.4 Å². The number of nitrogens with one attached hydrogen (secondary N) is 1. The number of rotatable bonds is 5. The Bertz CT molecular complexity index is 573. The lowest BCUT2D eigenvalue weighted by atomic mass is 10.1. The van der Waals surface area contributed by atoms with Gasteiger partial charge in [-0.15, -0.1) is 12.3 Å². The minimum Gasteiger partial charge on any atom is -0.480 e. The third kappa shape index (κ3) is 3.85. The van der Waals surface area contributed by atoms with Gasteiger partial charge in [-0.2, -0.15) is 0 Å². The van der Waals surface area contributed by atoms with Crippen molar-refractivity contribution in [3.63, 3.8) is 0 Å². The van der Waals surface area contributed by atoms with E-state index in [4.69, 9.17) is 11.5 Å². The second-order valence-electron chi connectivity index (χ2n) is 3.84. The van der Waals surface area contributed by atoms with Crippen LogP contribution in [-0.2, 0) is 9.53 Å². The van der Waals surface area contributed by atoms with E-state index in [1.807, 2.05) is 0 Å². The molecule has 0 saturated carbocycles. The third-order valence-electron chi connectivity index (χ3n) is 2.47. The Labute approximate surface area is 115 Å². The first kappa shape index (κ1) is 15.2. The van der Waals surface area contributed by atoms with Gasteiger partial charge < -0.3 is 15.2 Å². The van der Waals surface area contributed by atoms with Crippen LogP contribution in [0.1, 0.15) is 27.1 Å². The molecule has 0 unspecified atom stereocenters. The summed E-state index contributed by atoms with van der Waals surface area (Å²) in [4.78, 5) is 34.1. The molecule has 6 nitrogen and oxygen atoms in total. The van der Waals surface area contributed by atoms with Gasteiger partial charge in [0.2, 0.25) is 0 Å². The number of benzene rings is 1. The lowest BCUT2D eigenvalue weighted by molar-refractivity contribution is -0.139. The summed E-state index contributed by atoms with van der Waals surface area (Å²) in [6.45, 7) is 0. The van der Waals surface area contributed by atoms with Crippen LogP contribution in [0.4, 0.5) is 0 Å². The number of hydrogen-bond donors (Lipinski definition) is 2. The van der Waals surface area contributed by atoms with E-state index in [2.05, 4.69) is 16.0 Å².